The summed E-state index contributed by atoms with van der Waals surface area (Å²) in [7, 11) is 0. The van der Waals surface area contributed by atoms with Gasteiger partial charge in [-0.2, -0.15) is 11.8 Å². The highest BCUT2D eigenvalue weighted by molar-refractivity contribution is 7.99. The first-order chi connectivity index (χ1) is 21.1. The van der Waals surface area contributed by atoms with Crippen molar-refractivity contribution < 1.29 is 24.5 Å². The third-order valence-corrected chi connectivity index (χ3v) is 8.40. The topological polar surface area (TPSA) is 100 Å². The second kappa shape index (κ2) is 15.7. The lowest BCUT2D eigenvalue weighted by Crippen LogP contribution is -2.34. The first kappa shape index (κ1) is 30.8. The maximum absolute atomic E-state index is 12.4. The van der Waals surface area contributed by atoms with Crippen molar-refractivity contribution >= 4 is 17.8 Å². The summed E-state index contributed by atoms with van der Waals surface area (Å²) in [5.74, 6) is 1.43. The number of aliphatic hydroxyl groups excluding tert-OH is 2. The zero-order valence-corrected chi connectivity index (χ0v) is 24.8. The van der Waals surface area contributed by atoms with E-state index >= 15 is 0 Å². The molecule has 3 atom stereocenters. The van der Waals surface area contributed by atoms with Crippen LogP contribution in [0.1, 0.15) is 46.6 Å². The molecule has 4 aromatic carbocycles. The van der Waals surface area contributed by atoms with E-state index in [2.05, 4.69) is 34.9 Å². The van der Waals surface area contributed by atoms with E-state index in [0.717, 1.165) is 44.7 Å². The molecule has 1 heterocycles. The summed E-state index contributed by atoms with van der Waals surface area (Å²) in [4.78, 5) is 12.4. The van der Waals surface area contributed by atoms with E-state index in [1.54, 1.807) is 11.8 Å². The molecule has 0 saturated carbocycles. The first-order valence-electron chi connectivity index (χ1n) is 14.6. The van der Waals surface area contributed by atoms with Gasteiger partial charge in [0.15, 0.2) is 6.29 Å². The molecular weight excluding hydrogens is 560 g/mol. The van der Waals surface area contributed by atoms with E-state index in [9.17, 15) is 15.0 Å². The normalized spacial score (nSPS) is 18.2. The van der Waals surface area contributed by atoms with Gasteiger partial charge in [0.25, 0.3) is 0 Å². The number of amides is 2. The molecule has 0 unspecified atom stereocenters. The average molecular weight is 599 g/mol. The molecule has 4 aromatic rings. The van der Waals surface area contributed by atoms with Crippen molar-refractivity contribution in [2.24, 2.45) is 0 Å². The Morgan fingerprint density at radius 2 is 1.44 bits per heavy atom. The maximum Gasteiger partial charge on any atom is 0.315 e. The molecule has 5 rings (SSSR count). The lowest BCUT2D eigenvalue weighted by Gasteiger charge is -2.36. The Bertz CT molecular complexity index is 1450. The number of aliphatic hydroxyl groups is 2. The summed E-state index contributed by atoms with van der Waals surface area (Å²) in [6.07, 6.45) is -0.0310. The Morgan fingerprint density at radius 1 is 0.744 bits per heavy atom. The molecule has 43 heavy (non-hydrogen) atoms. The molecule has 1 fully saturated rings. The largest absolute Gasteiger partial charge is 0.396 e. The van der Waals surface area contributed by atoms with Gasteiger partial charge in [-0.25, -0.2) is 4.79 Å². The fraction of sp³-hybridized carbons (Fsp3) is 0.286. The van der Waals surface area contributed by atoms with Crippen molar-refractivity contribution in [2.45, 2.75) is 44.6 Å². The maximum atomic E-state index is 12.4. The van der Waals surface area contributed by atoms with Gasteiger partial charge in [-0.05, 0) is 45.5 Å². The molecule has 224 valence electrons. The Hall–Kier alpha value is -3.66. The third kappa shape index (κ3) is 8.92. The number of benzene rings is 4. The van der Waals surface area contributed by atoms with Gasteiger partial charge in [-0.15, -0.1) is 0 Å². The van der Waals surface area contributed by atoms with Crippen LogP contribution in [0.5, 0.6) is 0 Å². The first-order valence-corrected chi connectivity index (χ1v) is 15.7. The molecule has 0 radical (unpaired) electrons. The number of hydrogen-bond acceptors (Lipinski definition) is 6. The number of urea groups is 1. The molecule has 0 spiro atoms. The van der Waals surface area contributed by atoms with Gasteiger partial charge in [0, 0.05) is 36.6 Å². The van der Waals surface area contributed by atoms with Crippen molar-refractivity contribution in [3.63, 3.8) is 0 Å². The zero-order chi connectivity index (χ0) is 29.9. The average Bonchev–Trinajstić information content (AvgIpc) is 3.07. The van der Waals surface area contributed by atoms with Crippen LogP contribution in [0.2, 0.25) is 0 Å². The highest BCUT2D eigenvalue weighted by Crippen LogP contribution is 2.39. The van der Waals surface area contributed by atoms with Gasteiger partial charge in [0.1, 0.15) is 0 Å². The fourth-order valence-corrected chi connectivity index (χ4v) is 5.82. The number of nitrogens with one attached hydrogen (secondary N) is 2. The number of thioether (sulfide) groups is 1. The van der Waals surface area contributed by atoms with Crippen LogP contribution in [0.4, 0.5) is 4.79 Å². The second-order valence-corrected chi connectivity index (χ2v) is 11.6. The molecule has 1 aliphatic rings. The number of rotatable bonds is 12. The van der Waals surface area contributed by atoms with Crippen LogP contribution in [0.15, 0.2) is 103 Å². The minimum atomic E-state index is -0.547. The van der Waals surface area contributed by atoms with Crippen molar-refractivity contribution in [1.29, 1.82) is 0 Å². The summed E-state index contributed by atoms with van der Waals surface area (Å²) in [6.45, 7) is 1.02. The number of carbonyl (C=O) groups excluding carboxylic acids is 1. The van der Waals surface area contributed by atoms with Gasteiger partial charge in [-0.3, -0.25) is 0 Å². The summed E-state index contributed by atoms with van der Waals surface area (Å²) >= 11 is 1.67. The SMILES string of the molecule is O=C(NCc1ccccc1)NCc1cccc(-c2cccc([C@H]3O[C@@H](CSCCO)C[C@@H](c4ccc(CO)cc4)O3)c2)c1. The summed E-state index contributed by atoms with van der Waals surface area (Å²) in [5, 5.41) is 24.5. The standard InChI is InChI=1S/C35H38N2O5S/c38-16-17-43-24-32-20-33(28-14-12-26(23-39)13-15-28)42-34(41-32)31-11-5-10-30(19-31)29-9-4-8-27(18-29)22-37-35(40)36-21-25-6-2-1-3-7-25/h1-15,18-19,32-34,38-39H,16-17,20-24H2,(H2,36,37,40)/t32-,33+,34+/m1/s1. The van der Waals surface area contributed by atoms with Crippen LogP contribution in [0, 0.1) is 0 Å². The number of carbonyl (C=O) groups is 1. The predicted octanol–water partition coefficient (Wildman–Crippen LogP) is 6.12. The quantitative estimate of drug-likeness (QED) is 0.147. The van der Waals surface area contributed by atoms with E-state index in [1.807, 2.05) is 78.9 Å². The van der Waals surface area contributed by atoms with Crippen LogP contribution in [-0.2, 0) is 29.2 Å². The molecular formula is C35H38N2O5S. The lowest BCUT2D eigenvalue weighted by molar-refractivity contribution is -0.245. The Balaban J connectivity index is 1.26. The Labute approximate surface area is 257 Å². The summed E-state index contributed by atoms with van der Waals surface area (Å²) in [5.41, 5.74) is 6.94. The van der Waals surface area contributed by atoms with E-state index in [-0.39, 0.29) is 31.5 Å². The molecule has 8 heteroatoms. The van der Waals surface area contributed by atoms with E-state index in [4.69, 9.17) is 9.47 Å². The molecule has 0 aromatic heterocycles. The monoisotopic (exact) mass is 598 g/mol. The van der Waals surface area contributed by atoms with Gasteiger partial charge in [-0.1, -0.05) is 91.0 Å². The lowest BCUT2D eigenvalue weighted by atomic mass is 9.99. The van der Waals surface area contributed by atoms with Crippen LogP contribution < -0.4 is 10.6 Å². The minimum Gasteiger partial charge on any atom is -0.396 e. The molecule has 2 amide bonds. The molecule has 7 nitrogen and oxygen atoms in total. The van der Waals surface area contributed by atoms with Crippen LogP contribution >= 0.6 is 11.8 Å². The van der Waals surface area contributed by atoms with E-state index in [1.165, 1.54) is 0 Å². The van der Waals surface area contributed by atoms with Crippen molar-refractivity contribution in [1.82, 2.24) is 10.6 Å². The molecule has 0 aliphatic carbocycles. The van der Waals surface area contributed by atoms with Crippen LogP contribution in [0.25, 0.3) is 11.1 Å². The predicted molar refractivity (Wildman–Crippen MR) is 170 cm³/mol. The highest BCUT2D eigenvalue weighted by Gasteiger charge is 2.32. The fourth-order valence-electron chi connectivity index (χ4n) is 5.05. The summed E-state index contributed by atoms with van der Waals surface area (Å²) in [6, 6.07) is 33.8. The van der Waals surface area contributed by atoms with Gasteiger partial charge < -0.3 is 30.3 Å². The molecule has 1 aliphatic heterocycles. The Morgan fingerprint density at radius 3 is 2.19 bits per heavy atom. The minimum absolute atomic E-state index is 0.00345. The zero-order valence-electron chi connectivity index (χ0n) is 24.0. The molecule has 4 N–H and O–H groups in total. The van der Waals surface area contributed by atoms with Crippen LogP contribution in [0.3, 0.4) is 0 Å². The van der Waals surface area contributed by atoms with E-state index in [0.29, 0.717) is 25.3 Å². The second-order valence-electron chi connectivity index (χ2n) is 10.5. The third-order valence-electron chi connectivity index (χ3n) is 7.32. The smallest absolute Gasteiger partial charge is 0.315 e. The van der Waals surface area contributed by atoms with Crippen molar-refractivity contribution in [3.05, 3.63) is 131 Å². The van der Waals surface area contributed by atoms with Gasteiger partial charge in [0.2, 0.25) is 0 Å². The van der Waals surface area contributed by atoms with Crippen molar-refractivity contribution in [3.8, 4) is 11.1 Å². The number of hydrogen-bond donors (Lipinski definition) is 4. The van der Waals surface area contributed by atoms with E-state index < -0.39 is 6.29 Å². The summed E-state index contributed by atoms with van der Waals surface area (Å²) < 4.78 is 12.9. The van der Waals surface area contributed by atoms with Crippen LogP contribution in [-0.4, -0.2) is 40.5 Å². The van der Waals surface area contributed by atoms with Crippen molar-refractivity contribution in [2.75, 3.05) is 18.1 Å². The number of ether oxygens (including phenoxy) is 2. The molecule has 0 bridgehead atoms. The van der Waals surface area contributed by atoms with Gasteiger partial charge >= 0.3 is 6.03 Å². The highest BCUT2D eigenvalue weighted by atomic mass is 32.2. The Kier molecular flexibility index (Phi) is 11.2. The van der Waals surface area contributed by atoms with Gasteiger partial charge in [0.05, 0.1) is 25.4 Å². The molecule has 1 saturated heterocycles.